The number of hydrogen-bond donors (Lipinski definition) is 3. The van der Waals surface area contributed by atoms with Crippen molar-refractivity contribution in [3.8, 4) is 11.5 Å². The minimum absolute atomic E-state index is 0. The summed E-state index contributed by atoms with van der Waals surface area (Å²) in [6.45, 7) is 1.78. The zero-order valence-corrected chi connectivity index (χ0v) is 18.4. The van der Waals surface area contributed by atoms with Crippen LogP contribution in [-0.2, 0) is 6.42 Å². The number of para-hydroxylation sites is 2. The van der Waals surface area contributed by atoms with Crippen LogP contribution in [-0.4, -0.2) is 43.8 Å². The Morgan fingerprint density at radius 1 is 1.21 bits per heavy atom. The highest BCUT2D eigenvalue weighted by molar-refractivity contribution is 14.0. The Kier molecular flexibility index (Phi) is 7.18. The molecular weight excluding hydrogens is 486 g/mol. The van der Waals surface area contributed by atoms with E-state index in [1.165, 1.54) is 12.1 Å². The summed E-state index contributed by atoms with van der Waals surface area (Å²) in [5.41, 5.74) is 1.95. The first-order valence-corrected chi connectivity index (χ1v) is 9.31. The molecular formula is C21H24FIN4O2. The van der Waals surface area contributed by atoms with Crippen molar-refractivity contribution in [3.63, 3.8) is 0 Å². The first-order valence-electron chi connectivity index (χ1n) is 9.31. The SMILES string of the molecule is CN=C(NCCc1c[nH]c2cc(F)ccc12)NCC1COc2ccccc2O1.I. The average molecular weight is 510 g/mol. The summed E-state index contributed by atoms with van der Waals surface area (Å²) in [7, 11) is 1.73. The smallest absolute Gasteiger partial charge is 0.191 e. The summed E-state index contributed by atoms with van der Waals surface area (Å²) < 4.78 is 25.0. The lowest BCUT2D eigenvalue weighted by Crippen LogP contribution is -2.45. The van der Waals surface area contributed by atoms with E-state index in [9.17, 15) is 4.39 Å². The van der Waals surface area contributed by atoms with E-state index in [0.29, 0.717) is 25.7 Å². The first-order chi connectivity index (χ1) is 13.7. The van der Waals surface area contributed by atoms with Crippen molar-refractivity contribution >= 4 is 40.8 Å². The van der Waals surface area contributed by atoms with E-state index in [4.69, 9.17) is 9.47 Å². The maximum absolute atomic E-state index is 13.3. The van der Waals surface area contributed by atoms with E-state index in [1.54, 1.807) is 7.05 Å². The Labute approximate surface area is 185 Å². The zero-order chi connectivity index (χ0) is 19.3. The Morgan fingerprint density at radius 2 is 2.03 bits per heavy atom. The number of hydrogen-bond acceptors (Lipinski definition) is 3. The standard InChI is InChI=1S/C21H23FN4O2.HI/c1-23-21(26-12-16-13-27-19-4-2-3-5-20(19)28-16)24-9-8-14-11-25-18-10-15(22)6-7-17(14)18;/h2-7,10-11,16,25H,8-9,12-13H2,1H3,(H2,23,24,26);1H. The lowest BCUT2D eigenvalue weighted by molar-refractivity contribution is 0.0936. The number of aliphatic imine (C=N–C) groups is 1. The van der Waals surface area contributed by atoms with Crippen molar-refractivity contribution in [2.24, 2.45) is 4.99 Å². The van der Waals surface area contributed by atoms with Gasteiger partial charge in [0.1, 0.15) is 18.5 Å². The second-order valence-electron chi connectivity index (χ2n) is 6.63. The molecule has 8 heteroatoms. The van der Waals surface area contributed by atoms with Crippen LogP contribution in [0.5, 0.6) is 11.5 Å². The maximum atomic E-state index is 13.3. The predicted molar refractivity (Wildman–Crippen MR) is 123 cm³/mol. The molecule has 0 radical (unpaired) electrons. The third-order valence-corrected chi connectivity index (χ3v) is 4.70. The second-order valence-corrected chi connectivity index (χ2v) is 6.63. The Balaban J connectivity index is 0.00000240. The Hall–Kier alpha value is -2.49. The number of fused-ring (bicyclic) bond motifs is 2. The molecule has 2 aromatic carbocycles. The molecule has 0 aliphatic carbocycles. The van der Waals surface area contributed by atoms with Gasteiger partial charge < -0.3 is 25.1 Å². The van der Waals surface area contributed by atoms with Crippen molar-refractivity contribution < 1.29 is 13.9 Å². The largest absolute Gasteiger partial charge is 0.486 e. The number of aromatic amines is 1. The molecule has 0 spiro atoms. The monoisotopic (exact) mass is 510 g/mol. The molecule has 154 valence electrons. The van der Waals surface area contributed by atoms with Crippen LogP contribution in [0.15, 0.2) is 53.7 Å². The van der Waals surface area contributed by atoms with E-state index in [-0.39, 0.29) is 35.9 Å². The number of rotatable bonds is 5. The van der Waals surface area contributed by atoms with E-state index in [2.05, 4.69) is 20.6 Å². The minimum Gasteiger partial charge on any atom is -0.486 e. The van der Waals surface area contributed by atoms with Gasteiger partial charge in [0.25, 0.3) is 0 Å². The molecule has 1 aliphatic heterocycles. The second kappa shape index (κ2) is 9.82. The molecule has 3 N–H and O–H groups in total. The summed E-state index contributed by atoms with van der Waals surface area (Å²) >= 11 is 0. The summed E-state index contributed by atoms with van der Waals surface area (Å²) in [6, 6.07) is 12.5. The summed E-state index contributed by atoms with van der Waals surface area (Å²) in [5.74, 6) is 2.01. The highest BCUT2D eigenvalue weighted by Crippen LogP contribution is 2.30. The molecule has 0 amide bonds. The number of nitrogens with zero attached hydrogens (tertiary/aromatic N) is 1. The fraction of sp³-hybridized carbons (Fsp3) is 0.286. The lowest BCUT2D eigenvalue weighted by Gasteiger charge is -2.27. The van der Waals surface area contributed by atoms with Gasteiger partial charge in [0.2, 0.25) is 0 Å². The highest BCUT2D eigenvalue weighted by atomic mass is 127. The van der Waals surface area contributed by atoms with Gasteiger partial charge in [-0.1, -0.05) is 12.1 Å². The Morgan fingerprint density at radius 3 is 2.86 bits per heavy atom. The lowest BCUT2D eigenvalue weighted by atomic mass is 10.1. The molecule has 1 aromatic heterocycles. The summed E-state index contributed by atoms with van der Waals surface area (Å²) in [6.07, 6.45) is 2.63. The van der Waals surface area contributed by atoms with Gasteiger partial charge in [-0.2, -0.15) is 0 Å². The molecule has 1 unspecified atom stereocenters. The fourth-order valence-corrected chi connectivity index (χ4v) is 3.28. The number of aromatic nitrogens is 1. The van der Waals surface area contributed by atoms with Gasteiger partial charge in [-0.15, -0.1) is 24.0 Å². The van der Waals surface area contributed by atoms with Gasteiger partial charge in [0.05, 0.1) is 6.54 Å². The van der Waals surface area contributed by atoms with Crippen LogP contribution in [0, 0.1) is 5.82 Å². The Bertz CT molecular complexity index is 992. The number of nitrogens with one attached hydrogen (secondary N) is 3. The van der Waals surface area contributed by atoms with E-state index in [1.807, 2.05) is 36.5 Å². The quantitative estimate of drug-likeness (QED) is 0.280. The average Bonchev–Trinajstić information content (AvgIpc) is 3.12. The van der Waals surface area contributed by atoms with Gasteiger partial charge in [-0.3, -0.25) is 4.99 Å². The van der Waals surface area contributed by atoms with Crippen molar-refractivity contribution in [1.29, 1.82) is 0 Å². The third-order valence-electron chi connectivity index (χ3n) is 4.70. The van der Waals surface area contributed by atoms with Gasteiger partial charge in [0.15, 0.2) is 17.5 Å². The van der Waals surface area contributed by atoms with Crippen LogP contribution in [0.1, 0.15) is 5.56 Å². The van der Waals surface area contributed by atoms with Crippen molar-refractivity contribution in [2.75, 3.05) is 26.7 Å². The van der Waals surface area contributed by atoms with Gasteiger partial charge in [0, 0.05) is 30.7 Å². The molecule has 4 rings (SSSR count). The number of benzene rings is 2. The van der Waals surface area contributed by atoms with Crippen LogP contribution in [0.4, 0.5) is 4.39 Å². The summed E-state index contributed by atoms with van der Waals surface area (Å²) in [4.78, 5) is 7.36. The number of H-pyrrole nitrogens is 1. The van der Waals surface area contributed by atoms with Gasteiger partial charge in [-0.25, -0.2) is 4.39 Å². The molecule has 6 nitrogen and oxygen atoms in total. The molecule has 0 saturated carbocycles. The van der Waals surface area contributed by atoms with Gasteiger partial charge in [-0.05, 0) is 42.3 Å². The predicted octanol–water partition coefficient (Wildman–Crippen LogP) is 3.47. The number of halogens is 2. The molecule has 0 saturated heterocycles. The van der Waals surface area contributed by atoms with Crippen LogP contribution in [0.25, 0.3) is 10.9 Å². The molecule has 1 atom stereocenters. The zero-order valence-electron chi connectivity index (χ0n) is 16.1. The molecule has 2 heterocycles. The number of guanidine groups is 1. The van der Waals surface area contributed by atoms with Crippen molar-refractivity contribution in [3.05, 3.63) is 60.0 Å². The fourth-order valence-electron chi connectivity index (χ4n) is 3.28. The van der Waals surface area contributed by atoms with E-state index >= 15 is 0 Å². The molecule has 3 aromatic rings. The molecule has 0 bridgehead atoms. The highest BCUT2D eigenvalue weighted by Gasteiger charge is 2.20. The van der Waals surface area contributed by atoms with E-state index < -0.39 is 0 Å². The van der Waals surface area contributed by atoms with Crippen molar-refractivity contribution in [1.82, 2.24) is 15.6 Å². The van der Waals surface area contributed by atoms with Gasteiger partial charge >= 0.3 is 0 Å². The summed E-state index contributed by atoms with van der Waals surface area (Å²) in [5, 5.41) is 7.61. The van der Waals surface area contributed by atoms with Crippen molar-refractivity contribution in [2.45, 2.75) is 12.5 Å². The topological polar surface area (TPSA) is 70.7 Å². The molecule has 1 aliphatic rings. The first kappa shape index (κ1) is 21.2. The van der Waals surface area contributed by atoms with Crippen LogP contribution < -0.4 is 20.1 Å². The third kappa shape index (κ3) is 5.11. The molecule has 0 fully saturated rings. The van der Waals surface area contributed by atoms with E-state index in [0.717, 1.165) is 34.4 Å². The van der Waals surface area contributed by atoms with Crippen LogP contribution in [0.2, 0.25) is 0 Å². The van der Waals surface area contributed by atoms with Crippen LogP contribution >= 0.6 is 24.0 Å². The number of ether oxygens (including phenoxy) is 2. The molecule has 29 heavy (non-hydrogen) atoms. The maximum Gasteiger partial charge on any atom is 0.191 e. The minimum atomic E-state index is -0.236. The van der Waals surface area contributed by atoms with Crippen LogP contribution in [0.3, 0.4) is 0 Å². The normalized spacial score (nSPS) is 15.7.